The third kappa shape index (κ3) is 9.83. The molecule has 22 heteroatoms. The second-order valence-electron chi connectivity index (χ2n) is 5.09. The van der Waals surface area contributed by atoms with Crippen molar-refractivity contribution in [2.75, 3.05) is 13.7 Å². The van der Waals surface area contributed by atoms with Crippen molar-refractivity contribution in [3.05, 3.63) is 0 Å². The molecule has 0 radical (unpaired) electrons. The van der Waals surface area contributed by atoms with Crippen molar-refractivity contribution < 1.29 is 73.9 Å². The highest BCUT2D eigenvalue weighted by molar-refractivity contribution is 7.83. The molecule has 0 aliphatic carbocycles. The Kier molecular flexibility index (Phi) is 8.45. The van der Waals surface area contributed by atoms with Gasteiger partial charge in [0.05, 0.1) is 6.61 Å². The van der Waals surface area contributed by atoms with Gasteiger partial charge in [0.15, 0.2) is 6.29 Å². The van der Waals surface area contributed by atoms with E-state index in [1.54, 1.807) is 0 Å². The maximum Gasteiger partial charge on any atom is 0.397 e. The molecule has 174 valence electrons. The molecule has 1 aliphatic heterocycles. The van der Waals surface area contributed by atoms with Crippen molar-refractivity contribution >= 4 is 41.5 Å². The zero-order valence-corrected chi connectivity index (χ0v) is 17.1. The fraction of sp³-hybridized carbons (Fsp3) is 1.00. The first kappa shape index (κ1) is 26.4. The van der Waals surface area contributed by atoms with Crippen molar-refractivity contribution in [2.45, 2.75) is 30.6 Å². The van der Waals surface area contributed by atoms with Gasteiger partial charge >= 0.3 is 41.5 Å². The first-order valence-corrected chi connectivity index (χ1v) is 12.2. The van der Waals surface area contributed by atoms with Gasteiger partial charge in [-0.3, -0.25) is 18.2 Å². The van der Waals surface area contributed by atoms with Gasteiger partial charge in [0.2, 0.25) is 0 Å². The minimum atomic E-state index is -5.49. The van der Waals surface area contributed by atoms with Gasteiger partial charge in [-0.15, -0.1) is 0 Å². The van der Waals surface area contributed by atoms with Gasteiger partial charge < -0.3 is 9.47 Å². The second kappa shape index (κ2) is 9.27. The number of ether oxygens (including phenoxy) is 2. The molecule has 0 saturated carbocycles. The summed E-state index contributed by atoms with van der Waals surface area (Å²) in [5.41, 5.74) is 0. The van der Waals surface area contributed by atoms with Crippen molar-refractivity contribution in [2.24, 2.45) is 0 Å². The molecule has 0 aromatic rings. The molecule has 5 N–H and O–H groups in total. The van der Waals surface area contributed by atoms with Crippen LogP contribution in [0.1, 0.15) is 0 Å². The van der Waals surface area contributed by atoms with E-state index in [9.17, 15) is 33.7 Å². The van der Waals surface area contributed by atoms with Crippen LogP contribution in [0.15, 0.2) is 0 Å². The Morgan fingerprint density at radius 2 is 1.31 bits per heavy atom. The van der Waals surface area contributed by atoms with Crippen LogP contribution in [0.25, 0.3) is 0 Å². The standard InChI is InChI=1S/C7H15NO17S4/c1-21-7-4(8-26(9,10)11)6(25-29(18,19)20)5(24-28(15,16)17)3(23-7)2-22-27(12,13)14/h3-8H,2H2,1H3,(H,9,10,11)(H,12,13,14)(H,15,16,17)(H,18,19,20)/t3-,4-,5-,6-,7-/m1/s1. The smallest absolute Gasteiger partial charge is 0.354 e. The highest BCUT2D eigenvalue weighted by atomic mass is 32.3. The molecule has 0 aromatic carbocycles. The maximum atomic E-state index is 11.1. The van der Waals surface area contributed by atoms with E-state index in [0.29, 0.717) is 0 Å². The topological polar surface area (TPSA) is 276 Å². The molecule has 1 heterocycles. The van der Waals surface area contributed by atoms with Gasteiger partial charge in [0.25, 0.3) is 0 Å². The average Bonchev–Trinajstić information content (AvgIpc) is 2.44. The minimum Gasteiger partial charge on any atom is -0.354 e. The molecule has 5 atom stereocenters. The molecular weight excluding hydrogens is 498 g/mol. The van der Waals surface area contributed by atoms with Gasteiger partial charge in [0, 0.05) is 7.11 Å². The van der Waals surface area contributed by atoms with Crippen LogP contribution in [0.4, 0.5) is 0 Å². The third-order valence-corrected chi connectivity index (χ3v) is 4.95. The SMILES string of the molecule is CO[C@@H]1O[C@H](COS(=O)(=O)O)[C@@H](OS(=O)(=O)O)[C@H](OS(=O)(=O)O)[C@H]1NS(=O)(=O)O. The van der Waals surface area contributed by atoms with E-state index in [4.69, 9.17) is 22.9 Å². The van der Waals surface area contributed by atoms with E-state index in [-0.39, 0.29) is 0 Å². The zero-order valence-electron chi connectivity index (χ0n) is 13.8. The number of rotatable bonds is 10. The minimum absolute atomic E-state index is 0.846. The summed E-state index contributed by atoms with van der Waals surface area (Å²) in [4.78, 5) is 0. The summed E-state index contributed by atoms with van der Waals surface area (Å²) >= 11 is 0. The largest absolute Gasteiger partial charge is 0.397 e. The number of nitrogens with one attached hydrogen (secondary N) is 1. The van der Waals surface area contributed by atoms with Gasteiger partial charge in [-0.05, 0) is 0 Å². The summed E-state index contributed by atoms with van der Waals surface area (Å²) in [5, 5.41) is 0. The van der Waals surface area contributed by atoms with Crippen molar-refractivity contribution in [1.29, 1.82) is 0 Å². The maximum absolute atomic E-state index is 11.1. The molecule has 0 unspecified atom stereocenters. The van der Waals surface area contributed by atoms with E-state index in [1.807, 2.05) is 0 Å². The molecule has 29 heavy (non-hydrogen) atoms. The van der Waals surface area contributed by atoms with Crippen LogP contribution < -0.4 is 4.72 Å². The Morgan fingerprint density at radius 1 is 0.828 bits per heavy atom. The summed E-state index contributed by atoms with van der Waals surface area (Å²) in [6, 6.07) is -2.16. The molecule has 0 bridgehead atoms. The molecule has 1 fully saturated rings. The molecule has 18 nitrogen and oxygen atoms in total. The van der Waals surface area contributed by atoms with Crippen molar-refractivity contribution in [1.82, 2.24) is 4.72 Å². The normalized spacial score (nSPS) is 29.6. The Labute approximate surface area is 164 Å². The van der Waals surface area contributed by atoms with Crippen LogP contribution in [-0.2, 0) is 63.5 Å². The summed E-state index contributed by atoms with van der Waals surface area (Å²) in [7, 11) is -20.5. The lowest BCUT2D eigenvalue weighted by Gasteiger charge is -2.43. The summed E-state index contributed by atoms with van der Waals surface area (Å²) in [6.07, 6.45) is -8.91. The fourth-order valence-corrected chi connectivity index (χ4v) is 4.12. The number of hydrogen-bond acceptors (Lipinski definition) is 13. The molecule has 0 spiro atoms. The lowest BCUT2D eigenvalue weighted by atomic mass is 9.98. The van der Waals surface area contributed by atoms with Crippen LogP contribution in [0.3, 0.4) is 0 Å². The first-order valence-electron chi connectivity index (χ1n) is 6.67. The van der Waals surface area contributed by atoms with E-state index < -0.39 is 78.8 Å². The molecule has 1 saturated heterocycles. The first-order chi connectivity index (χ1) is 12.8. The molecular formula is C7H15NO17S4. The van der Waals surface area contributed by atoms with Crippen LogP contribution >= 0.6 is 0 Å². The lowest BCUT2D eigenvalue weighted by Crippen LogP contribution is -2.66. The number of hydrogen-bond donors (Lipinski definition) is 5. The van der Waals surface area contributed by atoms with E-state index in [1.165, 1.54) is 4.72 Å². The van der Waals surface area contributed by atoms with Gasteiger partial charge in [-0.1, -0.05) is 0 Å². The lowest BCUT2D eigenvalue weighted by molar-refractivity contribution is -0.250. The van der Waals surface area contributed by atoms with E-state index in [0.717, 1.165) is 7.11 Å². The number of methoxy groups -OCH3 is 1. The third-order valence-electron chi connectivity index (χ3n) is 3.01. The molecule has 0 amide bonds. The predicted octanol–water partition coefficient (Wildman–Crippen LogP) is -3.69. The van der Waals surface area contributed by atoms with E-state index >= 15 is 0 Å². The molecule has 1 rings (SSSR count). The van der Waals surface area contributed by atoms with E-state index in [2.05, 4.69) is 17.3 Å². The van der Waals surface area contributed by atoms with Crippen molar-refractivity contribution in [3.63, 3.8) is 0 Å². The van der Waals surface area contributed by atoms with Gasteiger partial charge in [-0.2, -0.15) is 38.4 Å². The Bertz CT molecular complexity index is 982. The summed E-state index contributed by atoms with van der Waals surface area (Å²) in [5.74, 6) is 0. The quantitative estimate of drug-likeness (QED) is 0.176. The average molecular weight is 513 g/mol. The van der Waals surface area contributed by atoms with Crippen molar-refractivity contribution in [3.8, 4) is 0 Å². The Morgan fingerprint density at radius 3 is 1.69 bits per heavy atom. The highest BCUT2D eigenvalue weighted by Gasteiger charge is 2.52. The van der Waals surface area contributed by atoms with Crippen LogP contribution in [-0.4, -0.2) is 96.2 Å². The molecule has 0 aromatic heterocycles. The van der Waals surface area contributed by atoms with Gasteiger partial charge in [0.1, 0.15) is 24.4 Å². The Hall–Kier alpha value is -0.600. The van der Waals surface area contributed by atoms with Crippen LogP contribution in [0.5, 0.6) is 0 Å². The summed E-state index contributed by atoms with van der Waals surface area (Å²) in [6.45, 7) is -1.30. The zero-order chi connectivity index (χ0) is 22.8. The fourth-order valence-electron chi connectivity index (χ4n) is 2.20. The van der Waals surface area contributed by atoms with Crippen LogP contribution in [0.2, 0.25) is 0 Å². The van der Waals surface area contributed by atoms with Gasteiger partial charge in [-0.25, -0.2) is 12.5 Å². The monoisotopic (exact) mass is 513 g/mol. The Balaban J connectivity index is 3.49. The second-order valence-corrected chi connectivity index (χ2v) is 9.46. The highest BCUT2D eigenvalue weighted by Crippen LogP contribution is 2.29. The molecule has 1 aliphatic rings. The van der Waals surface area contributed by atoms with Crippen LogP contribution in [0, 0.1) is 0 Å². The predicted molar refractivity (Wildman–Crippen MR) is 84.5 cm³/mol. The summed E-state index contributed by atoms with van der Waals surface area (Å²) < 4.78 is 147.